The van der Waals surface area contributed by atoms with E-state index in [-0.39, 0.29) is 0 Å². The molecule has 0 aromatic heterocycles. The van der Waals surface area contributed by atoms with Crippen LogP contribution in [0, 0.1) is 0 Å². The molecule has 1 aromatic rings. The van der Waals surface area contributed by atoms with Crippen molar-refractivity contribution < 1.29 is 0 Å². The van der Waals surface area contributed by atoms with Gasteiger partial charge in [0.25, 0.3) is 0 Å². The smallest absolute Gasteiger partial charge is 0.125 e. The van der Waals surface area contributed by atoms with E-state index in [9.17, 15) is 0 Å². The number of rotatable bonds is 1. The molecule has 0 saturated heterocycles. The molecule has 2 rings (SSSR count). The minimum atomic E-state index is -0.526. The van der Waals surface area contributed by atoms with Crippen LogP contribution < -0.4 is 0 Å². The Morgan fingerprint density at radius 1 is 1.42 bits per heavy atom. The maximum absolute atomic E-state index is 5.93. The predicted octanol–water partition coefficient (Wildman–Crippen LogP) is 3.64. The zero-order valence-electron chi connectivity index (χ0n) is 6.30. The van der Waals surface area contributed by atoms with E-state index >= 15 is 0 Å². The molecule has 0 amide bonds. The van der Waals surface area contributed by atoms with Gasteiger partial charge in [0.2, 0.25) is 0 Å². The van der Waals surface area contributed by atoms with Crippen LogP contribution in [0.2, 0.25) is 0 Å². The molecule has 0 spiro atoms. The van der Waals surface area contributed by atoms with Crippen molar-refractivity contribution in [3.8, 4) is 0 Å². The average molecular weight is 219 g/mol. The molecule has 3 heteroatoms. The Hall–Kier alpha value is 0.150. The molecule has 0 N–H and O–H groups in total. The van der Waals surface area contributed by atoms with Gasteiger partial charge in [-0.3, -0.25) is 0 Å². The number of halogens is 2. The molecule has 0 bridgehead atoms. The summed E-state index contributed by atoms with van der Waals surface area (Å²) in [6, 6.07) is 7.97. The number of hydrogen-bond donors (Lipinski definition) is 1. The largest absolute Gasteiger partial charge is 0.143 e. The predicted molar refractivity (Wildman–Crippen MR) is 55.5 cm³/mol. The summed E-state index contributed by atoms with van der Waals surface area (Å²) in [5, 5.41) is 0. The van der Waals surface area contributed by atoms with E-state index in [1.165, 1.54) is 5.56 Å². The molecule has 1 aliphatic rings. The molecule has 0 heterocycles. The SMILES string of the molecule is Sc1cccc([C@@H]2CC2(Cl)Cl)c1. The highest BCUT2D eigenvalue weighted by atomic mass is 35.5. The molecule has 1 aromatic carbocycles. The van der Waals surface area contributed by atoms with Gasteiger partial charge in [-0.2, -0.15) is 0 Å². The summed E-state index contributed by atoms with van der Waals surface area (Å²) in [7, 11) is 0. The Balaban J connectivity index is 2.26. The van der Waals surface area contributed by atoms with Crippen molar-refractivity contribution in [3.63, 3.8) is 0 Å². The summed E-state index contributed by atoms with van der Waals surface area (Å²) in [6.45, 7) is 0. The van der Waals surface area contributed by atoms with Gasteiger partial charge in [0, 0.05) is 10.8 Å². The van der Waals surface area contributed by atoms with Gasteiger partial charge in [-0.1, -0.05) is 12.1 Å². The lowest BCUT2D eigenvalue weighted by atomic mass is 10.1. The Bertz CT molecular complexity index is 309. The van der Waals surface area contributed by atoms with Crippen LogP contribution in [0.25, 0.3) is 0 Å². The fourth-order valence-electron chi connectivity index (χ4n) is 1.32. The van der Waals surface area contributed by atoms with E-state index in [0.29, 0.717) is 5.92 Å². The lowest BCUT2D eigenvalue weighted by Crippen LogP contribution is -1.89. The van der Waals surface area contributed by atoms with E-state index in [1.54, 1.807) is 0 Å². The van der Waals surface area contributed by atoms with E-state index in [0.717, 1.165) is 11.3 Å². The molecule has 1 saturated carbocycles. The molecule has 64 valence electrons. The minimum Gasteiger partial charge on any atom is -0.143 e. The number of thiol groups is 1. The zero-order valence-corrected chi connectivity index (χ0v) is 8.70. The van der Waals surface area contributed by atoms with Crippen LogP contribution in [0.15, 0.2) is 29.2 Å². The molecule has 12 heavy (non-hydrogen) atoms. The van der Waals surface area contributed by atoms with E-state index in [1.807, 2.05) is 24.3 Å². The Labute approximate surface area is 87.3 Å². The Morgan fingerprint density at radius 2 is 2.08 bits per heavy atom. The van der Waals surface area contributed by atoms with E-state index in [4.69, 9.17) is 23.2 Å². The third-order valence-corrected chi connectivity index (χ3v) is 3.21. The Morgan fingerprint density at radius 3 is 2.58 bits per heavy atom. The van der Waals surface area contributed by atoms with E-state index in [2.05, 4.69) is 12.6 Å². The van der Waals surface area contributed by atoms with Crippen LogP contribution in [0.3, 0.4) is 0 Å². The van der Waals surface area contributed by atoms with Crippen molar-refractivity contribution in [1.82, 2.24) is 0 Å². The highest BCUT2D eigenvalue weighted by Crippen LogP contribution is 2.59. The van der Waals surface area contributed by atoms with Crippen molar-refractivity contribution in [3.05, 3.63) is 29.8 Å². The molecule has 1 fully saturated rings. The molecule has 0 aliphatic heterocycles. The fourth-order valence-corrected chi connectivity index (χ4v) is 2.11. The first-order valence-electron chi connectivity index (χ1n) is 3.76. The number of alkyl halides is 2. The van der Waals surface area contributed by atoms with Gasteiger partial charge in [0.1, 0.15) is 4.33 Å². The first-order chi connectivity index (χ1) is 5.59. The average Bonchev–Trinajstić information content (AvgIpc) is 2.60. The maximum Gasteiger partial charge on any atom is 0.125 e. The minimum absolute atomic E-state index is 0.299. The van der Waals surface area contributed by atoms with Crippen LogP contribution in [0.1, 0.15) is 17.9 Å². The Kier molecular flexibility index (Phi) is 2.06. The van der Waals surface area contributed by atoms with Crippen LogP contribution >= 0.6 is 35.8 Å². The van der Waals surface area contributed by atoms with Gasteiger partial charge >= 0.3 is 0 Å². The lowest BCUT2D eigenvalue weighted by molar-refractivity contribution is 1.09. The summed E-state index contributed by atoms with van der Waals surface area (Å²) in [4.78, 5) is 0.962. The summed E-state index contributed by atoms with van der Waals surface area (Å²) < 4.78 is -0.526. The summed E-state index contributed by atoms with van der Waals surface area (Å²) in [5.74, 6) is 0.299. The third-order valence-electron chi connectivity index (χ3n) is 2.10. The molecule has 0 unspecified atom stereocenters. The van der Waals surface area contributed by atoms with Crippen LogP contribution in [-0.2, 0) is 0 Å². The van der Waals surface area contributed by atoms with Gasteiger partial charge in [0.05, 0.1) is 0 Å². The van der Waals surface area contributed by atoms with Crippen molar-refractivity contribution >= 4 is 35.8 Å². The van der Waals surface area contributed by atoms with Gasteiger partial charge in [0.15, 0.2) is 0 Å². The van der Waals surface area contributed by atoms with Crippen molar-refractivity contribution in [2.75, 3.05) is 0 Å². The standard InChI is InChI=1S/C9H8Cl2S/c10-9(11)5-8(9)6-2-1-3-7(12)4-6/h1-4,8,12H,5H2/t8-/m0/s1. The lowest BCUT2D eigenvalue weighted by Gasteiger charge is -2.00. The zero-order chi connectivity index (χ0) is 8.77. The van der Waals surface area contributed by atoms with Crippen LogP contribution in [0.4, 0.5) is 0 Å². The molecular formula is C9H8Cl2S. The summed E-state index contributed by atoms with van der Waals surface area (Å²) in [5.41, 5.74) is 1.19. The second-order valence-corrected chi connectivity index (χ2v) is 5.17. The molecule has 1 aliphatic carbocycles. The van der Waals surface area contributed by atoms with Crippen LogP contribution in [0.5, 0.6) is 0 Å². The van der Waals surface area contributed by atoms with Gasteiger partial charge in [-0.15, -0.1) is 35.8 Å². The summed E-state index contributed by atoms with van der Waals surface area (Å²) in [6.07, 6.45) is 0.855. The third kappa shape index (κ3) is 1.59. The monoisotopic (exact) mass is 218 g/mol. The number of benzene rings is 1. The van der Waals surface area contributed by atoms with Crippen molar-refractivity contribution in [1.29, 1.82) is 0 Å². The van der Waals surface area contributed by atoms with Crippen LogP contribution in [-0.4, -0.2) is 4.33 Å². The second-order valence-electron chi connectivity index (χ2n) is 3.11. The fraction of sp³-hybridized carbons (Fsp3) is 0.333. The molecule has 0 nitrogen and oxygen atoms in total. The molecular weight excluding hydrogens is 211 g/mol. The highest BCUT2D eigenvalue weighted by Gasteiger charge is 2.52. The van der Waals surface area contributed by atoms with Crippen molar-refractivity contribution in [2.45, 2.75) is 21.6 Å². The highest BCUT2D eigenvalue weighted by molar-refractivity contribution is 7.80. The second kappa shape index (κ2) is 2.83. The molecule has 0 radical (unpaired) electrons. The quantitative estimate of drug-likeness (QED) is 0.541. The number of hydrogen-bond acceptors (Lipinski definition) is 1. The molecule has 1 atom stereocenters. The normalized spacial score (nSPS) is 25.4. The van der Waals surface area contributed by atoms with Gasteiger partial charge < -0.3 is 0 Å². The van der Waals surface area contributed by atoms with Crippen molar-refractivity contribution in [2.24, 2.45) is 0 Å². The topological polar surface area (TPSA) is 0 Å². The van der Waals surface area contributed by atoms with E-state index < -0.39 is 4.33 Å². The van der Waals surface area contributed by atoms with Gasteiger partial charge in [-0.25, -0.2) is 0 Å². The van der Waals surface area contributed by atoms with Gasteiger partial charge in [-0.05, 0) is 24.1 Å². The first kappa shape index (κ1) is 8.74. The summed E-state index contributed by atoms with van der Waals surface area (Å²) >= 11 is 16.1. The maximum atomic E-state index is 5.93. The first-order valence-corrected chi connectivity index (χ1v) is 4.97.